The number of aromatic nitrogens is 2. The zero-order chi connectivity index (χ0) is 20.6. The van der Waals surface area contributed by atoms with Gasteiger partial charge in [0.05, 0.1) is 17.7 Å². The van der Waals surface area contributed by atoms with E-state index in [1.807, 2.05) is 47.2 Å². The average Bonchev–Trinajstić information content (AvgIpc) is 3.24. The second kappa shape index (κ2) is 7.36. The fourth-order valence-corrected chi connectivity index (χ4v) is 3.84. The van der Waals surface area contributed by atoms with E-state index in [4.69, 9.17) is 0 Å². The standard InChI is InChI=1S/C21H16F3N3OS/c1-13-5-7-14(8-6-13)18-11-27-17(12-29-20(27)26-18)10-19(28)25-16-4-2-3-15(9-16)21(22,23)24/h2-9,11-12H,10H2,1H3,(H,25,28). The molecule has 8 heteroatoms. The SMILES string of the molecule is Cc1ccc(-c2cn3c(CC(=O)Nc4cccc(C(F)(F)F)c4)csc3n2)cc1. The van der Waals surface area contributed by atoms with Gasteiger partial charge in [0.25, 0.3) is 0 Å². The fraction of sp³-hybridized carbons (Fsp3) is 0.143. The summed E-state index contributed by atoms with van der Waals surface area (Å²) in [5, 5.41) is 4.36. The van der Waals surface area contributed by atoms with Gasteiger partial charge >= 0.3 is 6.18 Å². The first-order valence-corrected chi connectivity index (χ1v) is 9.67. The molecular weight excluding hydrogens is 399 g/mol. The summed E-state index contributed by atoms with van der Waals surface area (Å²) in [5.74, 6) is -0.394. The number of alkyl halides is 3. The molecule has 1 N–H and O–H groups in total. The van der Waals surface area contributed by atoms with Crippen molar-refractivity contribution < 1.29 is 18.0 Å². The summed E-state index contributed by atoms with van der Waals surface area (Å²) < 4.78 is 40.3. The number of hydrogen-bond acceptors (Lipinski definition) is 3. The molecule has 0 aliphatic rings. The second-order valence-corrected chi connectivity index (χ2v) is 7.51. The summed E-state index contributed by atoms with van der Waals surface area (Å²) in [6.07, 6.45) is -2.56. The number of amides is 1. The highest BCUT2D eigenvalue weighted by Crippen LogP contribution is 2.31. The summed E-state index contributed by atoms with van der Waals surface area (Å²) in [6.45, 7) is 2.01. The Morgan fingerprint density at radius 1 is 1.17 bits per heavy atom. The van der Waals surface area contributed by atoms with Crippen LogP contribution in [0.3, 0.4) is 0 Å². The number of imidazole rings is 1. The van der Waals surface area contributed by atoms with Crippen LogP contribution in [0.15, 0.2) is 60.1 Å². The first-order chi connectivity index (χ1) is 13.8. The molecule has 2 heterocycles. The number of carbonyl (C=O) groups excluding carboxylic acids is 1. The number of halogens is 3. The lowest BCUT2D eigenvalue weighted by Gasteiger charge is -2.09. The molecule has 0 spiro atoms. The number of nitrogens with one attached hydrogen (secondary N) is 1. The van der Waals surface area contributed by atoms with Crippen LogP contribution in [0.25, 0.3) is 16.2 Å². The minimum Gasteiger partial charge on any atom is -0.326 e. The minimum absolute atomic E-state index is 0.0277. The highest BCUT2D eigenvalue weighted by atomic mass is 32.1. The van der Waals surface area contributed by atoms with Crippen molar-refractivity contribution in [3.05, 3.63) is 76.9 Å². The summed E-state index contributed by atoms with van der Waals surface area (Å²) in [6, 6.07) is 12.6. The van der Waals surface area contributed by atoms with Crippen LogP contribution in [0.2, 0.25) is 0 Å². The van der Waals surface area contributed by atoms with Crippen LogP contribution in [-0.4, -0.2) is 15.3 Å². The van der Waals surface area contributed by atoms with Gasteiger partial charge in [-0.25, -0.2) is 4.98 Å². The van der Waals surface area contributed by atoms with Gasteiger partial charge < -0.3 is 5.32 Å². The lowest BCUT2D eigenvalue weighted by atomic mass is 10.1. The summed E-state index contributed by atoms with van der Waals surface area (Å²) in [4.78, 5) is 17.7. The van der Waals surface area contributed by atoms with Crippen molar-refractivity contribution in [3.63, 3.8) is 0 Å². The number of fused-ring (bicyclic) bond motifs is 1. The molecule has 0 bridgehead atoms. The van der Waals surface area contributed by atoms with Gasteiger partial charge in [-0.3, -0.25) is 9.20 Å². The zero-order valence-corrected chi connectivity index (χ0v) is 16.1. The Morgan fingerprint density at radius 3 is 2.66 bits per heavy atom. The van der Waals surface area contributed by atoms with E-state index in [1.54, 1.807) is 0 Å². The van der Waals surface area contributed by atoms with Crippen LogP contribution in [-0.2, 0) is 17.4 Å². The third-order valence-electron chi connectivity index (χ3n) is 4.45. The quantitative estimate of drug-likeness (QED) is 0.474. The van der Waals surface area contributed by atoms with Crippen LogP contribution in [0.1, 0.15) is 16.8 Å². The maximum absolute atomic E-state index is 12.8. The minimum atomic E-state index is -4.45. The second-order valence-electron chi connectivity index (χ2n) is 6.68. The van der Waals surface area contributed by atoms with Gasteiger partial charge in [0, 0.05) is 28.5 Å². The Labute approximate surface area is 168 Å². The van der Waals surface area contributed by atoms with Crippen molar-refractivity contribution >= 4 is 27.9 Å². The molecule has 0 unspecified atom stereocenters. The van der Waals surface area contributed by atoms with Gasteiger partial charge in [0.2, 0.25) is 5.91 Å². The maximum Gasteiger partial charge on any atom is 0.416 e. The normalized spacial score (nSPS) is 11.7. The number of aryl methyl sites for hydroxylation is 1. The molecular formula is C21H16F3N3OS. The topological polar surface area (TPSA) is 46.4 Å². The first-order valence-electron chi connectivity index (χ1n) is 8.79. The van der Waals surface area contributed by atoms with E-state index in [9.17, 15) is 18.0 Å². The summed E-state index contributed by atoms with van der Waals surface area (Å²) in [5.41, 5.74) is 2.97. The molecule has 0 aliphatic carbocycles. The third kappa shape index (κ3) is 4.17. The Balaban J connectivity index is 1.52. The zero-order valence-electron chi connectivity index (χ0n) is 15.3. The van der Waals surface area contributed by atoms with Gasteiger partial charge in [0.1, 0.15) is 0 Å². The van der Waals surface area contributed by atoms with E-state index in [-0.39, 0.29) is 12.1 Å². The highest BCUT2D eigenvalue weighted by Gasteiger charge is 2.30. The van der Waals surface area contributed by atoms with Gasteiger partial charge in [-0.15, -0.1) is 11.3 Å². The predicted molar refractivity (Wildman–Crippen MR) is 107 cm³/mol. The number of rotatable bonds is 4. The van der Waals surface area contributed by atoms with Crippen molar-refractivity contribution in [2.24, 2.45) is 0 Å². The fourth-order valence-electron chi connectivity index (χ4n) is 2.96. The highest BCUT2D eigenvalue weighted by molar-refractivity contribution is 7.15. The van der Waals surface area contributed by atoms with E-state index in [0.29, 0.717) is 0 Å². The average molecular weight is 415 g/mol. The number of hydrogen-bond donors (Lipinski definition) is 1. The summed E-state index contributed by atoms with van der Waals surface area (Å²) in [7, 11) is 0. The molecule has 29 heavy (non-hydrogen) atoms. The Hall–Kier alpha value is -3.13. The Morgan fingerprint density at radius 2 is 1.93 bits per heavy atom. The first kappa shape index (κ1) is 19.2. The molecule has 1 amide bonds. The molecule has 4 rings (SSSR count). The van der Waals surface area contributed by atoms with Crippen LogP contribution in [0, 0.1) is 6.92 Å². The van der Waals surface area contributed by atoms with Crippen molar-refractivity contribution in [1.82, 2.24) is 9.38 Å². The number of thiazole rings is 1. The van der Waals surface area contributed by atoms with E-state index in [2.05, 4.69) is 10.3 Å². The van der Waals surface area contributed by atoms with Crippen LogP contribution in [0.5, 0.6) is 0 Å². The van der Waals surface area contributed by atoms with Crippen molar-refractivity contribution in [3.8, 4) is 11.3 Å². The molecule has 4 aromatic rings. The van der Waals surface area contributed by atoms with Crippen molar-refractivity contribution in [2.75, 3.05) is 5.32 Å². The number of anilines is 1. The molecule has 0 aliphatic heterocycles. The number of nitrogens with zero attached hydrogens (tertiary/aromatic N) is 2. The molecule has 0 radical (unpaired) electrons. The van der Waals surface area contributed by atoms with E-state index < -0.39 is 17.6 Å². The molecule has 0 saturated heterocycles. The molecule has 148 valence electrons. The Kier molecular flexibility index (Phi) is 4.87. The predicted octanol–water partition coefficient (Wildman–Crippen LogP) is 5.57. The summed E-state index contributed by atoms with van der Waals surface area (Å²) >= 11 is 1.41. The number of carbonyl (C=O) groups is 1. The van der Waals surface area contributed by atoms with E-state index in [0.717, 1.165) is 39.6 Å². The molecule has 2 aromatic heterocycles. The van der Waals surface area contributed by atoms with Crippen molar-refractivity contribution in [2.45, 2.75) is 19.5 Å². The Bertz CT molecular complexity index is 1180. The van der Waals surface area contributed by atoms with Gasteiger partial charge in [-0.1, -0.05) is 35.9 Å². The third-order valence-corrected chi connectivity index (χ3v) is 5.33. The van der Waals surface area contributed by atoms with E-state index >= 15 is 0 Å². The monoisotopic (exact) mass is 415 g/mol. The maximum atomic E-state index is 12.8. The van der Waals surface area contributed by atoms with Crippen molar-refractivity contribution in [1.29, 1.82) is 0 Å². The smallest absolute Gasteiger partial charge is 0.326 e. The molecule has 0 fully saturated rings. The van der Waals surface area contributed by atoms with Gasteiger partial charge in [0.15, 0.2) is 4.96 Å². The lowest BCUT2D eigenvalue weighted by Crippen LogP contribution is -2.16. The largest absolute Gasteiger partial charge is 0.416 e. The van der Waals surface area contributed by atoms with Gasteiger partial charge in [-0.2, -0.15) is 13.2 Å². The molecule has 2 aromatic carbocycles. The molecule has 0 atom stereocenters. The van der Waals surface area contributed by atoms with Crippen LogP contribution >= 0.6 is 11.3 Å². The molecule has 0 saturated carbocycles. The van der Waals surface area contributed by atoms with Crippen LogP contribution < -0.4 is 5.32 Å². The van der Waals surface area contributed by atoms with Gasteiger partial charge in [-0.05, 0) is 25.1 Å². The number of benzene rings is 2. The van der Waals surface area contributed by atoms with E-state index in [1.165, 1.54) is 23.5 Å². The molecule has 4 nitrogen and oxygen atoms in total. The van der Waals surface area contributed by atoms with Crippen LogP contribution in [0.4, 0.5) is 18.9 Å². The lowest BCUT2D eigenvalue weighted by molar-refractivity contribution is -0.137.